The molecule has 0 fully saturated rings. The number of ether oxygens (including phenoxy) is 1. The number of anilines is 1. The van der Waals surface area contributed by atoms with Gasteiger partial charge in [0.25, 0.3) is 5.69 Å². The highest BCUT2D eigenvalue weighted by atomic mass is 32.2. The second-order valence-electron chi connectivity index (χ2n) is 7.24. The Labute approximate surface area is 203 Å². The van der Waals surface area contributed by atoms with Crippen molar-refractivity contribution >= 4 is 29.0 Å². The van der Waals surface area contributed by atoms with E-state index < -0.39 is 16.1 Å². The summed E-state index contributed by atoms with van der Waals surface area (Å²) in [5, 5.41) is 22.1. The number of nitrogens with zero attached hydrogens (tertiary/aromatic N) is 5. The van der Waals surface area contributed by atoms with E-state index in [1.54, 1.807) is 48.1 Å². The van der Waals surface area contributed by atoms with Gasteiger partial charge in [-0.2, -0.15) is 0 Å². The topological polar surface area (TPSA) is 125 Å². The quantitative estimate of drug-likeness (QED) is 0.216. The molecule has 0 aliphatic carbocycles. The van der Waals surface area contributed by atoms with Crippen LogP contribution < -0.4 is 10.1 Å². The molecule has 1 atom stereocenters. The van der Waals surface area contributed by atoms with Crippen molar-refractivity contribution in [2.75, 3.05) is 12.4 Å². The average Bonchev–Trinajstić information content (AvgIpc) is 3.28. The van der Waals surface area contributed by atoms with Gasteiger partial charge in [-0.25, -0.2) is 4.39 Å². The van der Waals surface area contributed by atoms with Gasteiger partial charge in [0.05, 0.1) is 23.0 Å². The molecule has 35 heavy (non-hydrogen) atoms. The van der Waals surface area contributed by atoms with Crippen LogP contribution in [0, 0.1) is 15.9 Å². The molecule has 0 aliphatic rings. The monoisotopic (exact) mass is 494 g/mol. The van der Waals surface area contributed by atoms with Gasteiger partial charge < -0.3 is 10.1 Å². The zero-order valence-electron chi connectivity index (χ0n) is 18.6. The van der Waals surface area contributed by atoms with Crippen LogP contribution in [0.3, 0.4) is 0 Å². The van der Waals surface area contributed by atoms with Crippen molar-refractivity contribution in [2.45, 2.75) is 17.3 Å². The second-order valence-corrected chi connectivity index (χ2v) is 8.55. The van der Waals surface area contributed by atoms with Crippen LogP contribution in [-0.2, 0) is 4.79 Å². The largest absolute Gasteiger partial charge is 0.495 e. The number of non-ortho nitro benzene ring substituents is 1. The number of nitro groups is 1. The fraction of sp³-hybridized carbons (Fsp3) is 0.130. The van der Waals surface area contributed by atoms with E-state index in [-0.39, 0.29) is 22.9 Å². The Kier molecular flexibility index (Phi) is 7.01. The minimum Gasteiger partial charge on any atom is -0.495 e. The van der Waals surface area contributed by atoms with Crippen LogP contribution in [0.25, 0.3) is 17.1 Å². The normalized spacial score (nSPS) is 11.6. The smallest absolute Gasteiger partial charge is 0.271 e. The van der Waals surface area contributed by atoms with Gasteiger partial charge in [0.2, 0.25) is 5.91 Å². The Morgan fingerprint density at radius 2 is 1.86 bits per heavy atom. The Hall–Kier alpha value is -4.32. The van der Waals surface area contributed by atoms with Crippen molar-refractivity contribution in [2.24, 2.45) is 0 Å². The SMILES string of the molecule is COc1ccc([N+](=O)[O-])cc1NC(=O)C(C)Sc1nnc(-c2ccncc2)n1-c1ccc(F)cc1. The second kappa shape index (κ2) is 10.3. The summed E-state index contributed by atoms with van der Waals surface area (Å²) in [4.78, 5) is 27.6. The number of pyridine rings is 1. The van der Waals surface area contributed by atoms with Crippen molar-refractivity contribution in [3.05, 3.63) is 82.9 Å². The van der Waals surface area contributed by atoms with E-state index >= 15 is 0 Å². The number of carbonyl (C=O) groups is 1. The van der Waals surface area contributed by atoms with Crippen LogP contribution in [-0.4, -0.2) is 42.9 Å². The number of benzene rings is 2. The summed E-state index contributed by atoms with van der Waals surface area (Å²) >= 11 is 1.13. The molecule has 1 unspecified atom stereocenters. The summed E-state index contributed by atoms with van der Waals surface area (Å²) in [5.41, 5.74) is 1.34. The number of aromatic nitrogens is 4. The van der Waals surface area contributed by atoms with E-state index in [9.17, 15) is 19.3 Å². The van der Waals surface area contributed by atoms with Crippen molar-refractivity contribution in [1.82, 2.24) is 19.7 Å². The van der Waals surface area contributed by atoms with Gasteiger partial charge in [-0.1, -0.05) is 11.8 Å². The molecule has 2 aromatic carbocycles. The standard InChI is InChI=1S/C23H19FN6O4S/c1-14(22(31)26-19-13-18(30(32)33)7-8-20(19)34-2)35-23-28-27-21(15-9-11-25-12-10-15)29(23)17-5-3-16(24)4-6-17/h3-14H,1-2H3,(H,26,31). The van der Waals surface area contributed by atoms with Crippen molar-refractivity contribution in [3.63, 3.8) is 0 Å². The van der Waals surface area contributed by atoms with Crippen molar-refractivity contribution < 1.29 is 18.8 Å². The van der Waals surface area contributed by atoms with Gasteiger partial charge in [-0.3, -0.25) is 24.5 Å². The van der Waals surface area contributed by atoms with Gasteiger partial charge >= 0.3 is 0 Å². The molecule has 0 aliphatic heterocycles. The number of rotatable bonds is 8. The number of nitro benzene ring substituents is 1. The number of nitrogens with one attached hydrogen (secondary N) is 1. The molecule has 10 nitrogen and oxygen atoms in total. The summed E-state index contributed by atoms with van der Waals surface area (Å²) < 4.78 is 20.5. The van der Waals surface area contributed by atoms with Gasteiger partial charge in [0.15, 0.2) is 11.0 Å². The highest BCUT2D eigenvalue weighted by molar-refractivity contribution is 8.00. The molecule has 178 valence electrons. The minimum absolute atomic E-state index is 0.177. The van der Waals surface area contributed by atoms with Crippen molar-refractivity contribution in [1.29, 1.82) is 0 Å². The van der Waals surface area contributed by atoms with E-state index in [1.165, 1.54) is 37.4 Å². The molecule has 2 aromatic heterocycles. The number of hydrogen-bond donors (Lipinski definition) is 1. The van der Waals surface area contributed by atoms with E-state index in [0.717, 1.165) is 17.3 Å². The first-order valence-electron chi connectivity index (χ1n) is 10.3. The lowest BCUT2D eigenvalue weighted by atomic mass is 10.2. The Morgan fingerprint density at radius 1 is 1.14 bits per heavy atom. The molecular weight excluding hydrogens is 475 g/mol. The van der Waals surface area contributed by atoms with E-state index in [2.05, 4.69) is 20.5 Å². The van der Waals surface area contributed by atoms with E-state index in [1.807, 2.05) is 0 Å². The minimum atomic E-state index is -0.673. The van der Waals surface area contributed by atoms with Crippen LogP contribution >= 0.6 is 11.8 Å². The number of thioether (sulfide) groups is 1. The molecule has 0 saturated carbocycles. The average molecular weight is 495 g/mol. The molecule has 1 N–H and O–H groups in total. The molecular formula is C23H19FN6O4S. The maximum Gasteiger partial charge on any atom is 0.271 e. The number of methoxy groups -OCH3 is 1. The highest BCUT2D eigenvalue weighted by Crippen LogP contribution is 2.32. The Balaban J connectivity index is 1.63. The first kappa shape index (κ1) is 23.8. The molecule has 0 saturated heterocycles. The molecule has 0 radical (unpaired) electrons. The predicted molar refractivity (Wildman–Crippen MR) is 128 cm³/mol. The third-order valence-electron chi connectivity index (χ3n) is 4.96. The van der Waals surface area contributed by atoms with Crippen LogP contribution in [0.1, 0.15) is 6.92 Å². The molecule has 2 heterocycles. The molecule has 1 amide bonds. The predicted octanol–water partition coefficient (Wildman–Crippen LogP) is 4.50. The summed E-state index contributed by atoms with van der Waals surface area (Å²) in [6.07, 6.45) is 3.24. The van der Waals surface area contributed by atoms with Crippen LogP contribution in [0.2, 0.25) is 0 Å². The zero-order valence-corrected chi connectivity index (χ0v) is 19.4. The summed E-state index contributed by atoms with van der Waals surface area (Å²) in [5.74, 6) is -0.0295. The fourth-order valence-electron chi connectivity index (χ4n) is 3.21. The Morgan fingerprint density at radius 3 is 2.51 bits per heavy atom. The summed E-state index contributed by atoms with van der Waals surface area (Å²) in [6, 6.07) is 13.3. The van der Waals surface area contributed by atoms with Gasteiger partial charge in [-0.15, -0.1) is 10.2 Å². The fourth-order valence-corrected chi connectivity index (χ4v) is 4.08. The molecule has 4 rings (SSSR count). The summed E-state index contributed by atoms with van der Waals surface area (Å²) in [7, 11) is 1.40. The Bertz CT molecular complexity index is 1360. The third kappa shape index (κ3) is 5.27. The maximum absolute atomic E-state index is 13.6. The molecule has 4 aromatic rings. The van der Waals surface area contributed by atoms with Crippen LogP contribution in [0.15, 0.2) is 72.1 Å². The number of halogens is 1. The molecule has 0 bridgehead atoms. The zero-order chi connectivity index (χ0) is 24.9. The van der Waals surface area contributed by atoms with E-state index in [0.29, 0.717) is 16.7 Å². The van der Waals surface area contributed by atoms with E-state index in [4.69, 9.17) is 4.74 Å². The summed E-state index contributed by atoms with van der Waals surface area (Å²) in [6.45, 7) is 1.67. The van der Waals surface area contributed by atoms with Gasteiger partial charge in [0, 0.05) is 35.8 Å². The first-order valence-corrected chi connectivity index (χ1v) is 11.2. The van der Waals surface area contributed by atoms with Gasteiger partial charge in [0.1, 0.15) is 11.6 Å². The number of amides is 1. The van der Waals surface area contributed by atoms with Crippen LogP contribution in [0.4, 0.5) is 15.8 Å². The lowest BCUT2D eigenvalue weighted by molar-refractivity contribution is -0.384. The highest BCUT2D eigenvalue weighted by Gasteiger charge is 2.23. The molecule has 12 heteroatoms. The van der Waals surface area contributed by atoms with Crippen molar-refractivity contribution in [3.8, 4) is 22.8 Å². The number of hydrogen-bond acceptors (Lipinski definition) is 8. The third-order valence-corrected chi connectivity index (χ3v) is 6.00. The van der Waals surface area contributed by atoms with Gasteiger partial charge in [-0.05, 0) is 49.4 Å². The lowest BCUT2D eigenvalue weighted by Gasteiger charge is -2.15. The first-order chi connectivity index (χ1) is 16.9. The lowest BCUT2D eigenvalue weighted by Crippen LogP contribution is -2.23. The maximum atomic E-state index is 13.6. The van der Waals surface area contributed by atoms with Crippen LogP contribution in [0.5, 0.6) is 5.75 Å². The molecule has 0 spiro atoms. The number of carbonyl (C=O) groups excluding carboxylic acids is 1.